The van der Waals surface area contributed by atoms with Crippen LogP contribution >= 0.6 is 11.3 Å². The molecule has 1 rings (SSSR count). The maximum Gasteiger partial charge on any atom is 0.304 e. The Kier molecular flexibility index (Phi) is 6.71. The van der Waals surface area contributed by atoms with E-state index in [1.807, 2.05) is 0 Å². The molecular formula is C10H17N3O5S3. The highest BCUT2D eigenvalue weighted by Crippen LogP contribution is 2.36. The molecule has 0 fully saturated rings. The molecule has 2 N–H and O–H groups in total. The van der Waals surface area contributed by atoms with Crippen molar-refractivity contribution in [1.29, 1.82) is 0 Å². The SMILES string of the molecule is CCNc1sc(S(=O)(=O)NCCS(=O)CC)cc1[N+](=O)[O-]. The van der Waals surface area contributed by atoms with Crippen molar-refractivity contribution >= 4 is 42.8 Å². The highest BCUT2D eigenvalue weighted by molar-refractivity contribution is 7.91. The van der Waals surface area contributed by atoms with Gasteiger partial charge in [0.25, 0.3) is 0 Å². The van der Waals surface area contributed by atoms with Gasteiger partial charge in [0.1, 0.15) is 4.21 Å². The summed E-state index contributed by atoms with van der Waals surface area (Å²) in [6.07, 6.45) is 0. The fraction of sp³-hybridized carbons (Fsp3) is 0.600. The third kappa shape index (κ3) is 5.02. The van der Waals surface area contributed by atoms with Crippen LogP contribution in [-0.2, 0) is 20.8 Å². The molecule has 0 saturated heterocycles. The van der Waals surface area contributed by atoms with Crippen molar-refractivity contribution in [3.05, 3.63) is 16.2 Å². The summed E-state index contributed by atoms with van der Waals surface area (Å²) in [6, 6.07) is 1.03. The lowest BCUT2D eigenvalue weighted by atomic mass is 10.5. The van der Waals surface area contributed by atoms with Crippen LogP contribution in [0.5, 0.6) is 0 Å². The molecule has 0 amide bonds. The number of sulfonamides is 1. The van der Waals surface area contributed by atoms with E-state index in [1.165, 1.54) is 0 Å². The van der Waals surface area contributed by atoms with Gasteiger partial charge in [0.2, 0.25) is 10.0 Å². The average molecular weight is 355 g/mol. The Morgan fingerprint density at radius 2 is 2.10 bits per heavy atom. The van der Waals surface area contributed by atoms with Crippen LogP contribution in [0.15, 0.2) is 10.3 Å². The minimum atomic E-state index is -3.83. The highest BCUT2D eigenvalue weighted by atomic mass is 32.2. The summed E-state index contributed by atoms with van der Waals surface area (Å²) >= 11 is 0.805. The van der Waals surface area contributed by atoms with Crippen molar-refractivity contribution in [2.24, 2.45) is 0 Å². The molecule has 0 aliphatic heterocycles. The summed E-state index contributed by atoms with van der Waals surface area (Å²) < 4.78 is 37.5. The lowest BCUT2D eigenvalue weighted by Crippen LogP contribution is -2.27. The standard InChI is InChI=1S/C10H17N3O5S3/c1-3-11-10-8(13(14)15)7-9(19-10)21(17,18)12-5-6-20(16)4-2/h7,11-12H,3-6H2,1-2H3. The molecule has 21 heavy (non-hydrogen) atoms. The second kappa shape index (κ2) is 7.82. The van der Waals surface area contributed by atoms with Gasteiger partial charge in [-0.05, 0) is 6.92 Å². The van der Waals surface area contributed by atoms with E-state index in [0.29, 0.717) is 12.3 Å². The van der Waals surface area contributed by atoms with Crippen LogP contribution in [0.4, 0.5) is 10.7 Å². The normalized spacial score (nSPS) is 13.0. The Morgan fingerprint density at radius 3 is 2.62 bits per heavy atom. The zero-order chi connectivity index (χ0) is 16.0. The number of thiophene rings is 1. The molecule has 0 spiro atoms. The molecule has 8 nitrogen and oxygen atoms in total. The van der Waals surface area contributed by atoms with Crippen LogP contribution in [0.2, 0.25) is 0 Å². The van der Waals surface area contributed by atoms with E-state index in [-0.39, 0.29) is 27.2 Å². The summed E-state index contributed by atoms with van der Waals surface area (Å²) in [5, 5.41) is 13.9. The van der Waals surface area contributed by atoms with E-state index in [1.54, 1.807) is 13.8 Å². The number of anilines is 1. The van der Waals surface area contributed by atoms with Gasteiger partial charge < -0.3 is 5.32 Å². The molecule has 0 radical (unpaired) electrons. The van der Waals surface area contributed by atoms with Gasteiger partial charge in [-0.3, -0.25) is 14.3 Å². The largest absolute Gasteiger partial charge is 0.372 e. The van der Waals surface area contributed by atoms with E-state index in [4.69, 9.17) is 0 Å². The van der Waals surface area contributed by atoms with Crippen LogP contribution in [-0.4, -0.2) is 42.1 Å². The van der Waals surface area contributed by atoms with E-state index in [2.05, 4.69) is 10.0 Å². The number of nitrogens with zero attached hydrogens (tertiary/aromatic N) is 1. The average Bonchev–Trinajstić information content (AvgIpc) is 2.83. The summed E-state index contributed by atoms with van der Waals surface area (Å²) in [4.78, 5) is 10.3. The molecule has 11 heteroatoms. The molecule has 1 aromatic rings. The maximum absolute atomic E-state index is 12.0. The monoisotopic (exact) mass is 355 g/mol. The molecule has 120 valence electrons. The molecule has 1 atom stereocenters. The zero-order valence-corrected chi connectivity index (χ0v) is 14.1. The van der Waals surface area contributed by atoms with E-state index >= 15 is 0 Å². The molecule has 0 aromatic carbocycles. The van der Waals surface area contributed by atoms with Crippen LogP contribution in [0.3, 0.4) is 0 Å². The van der Waals surface area contributed by atoms with E-state index < -0.39 is 25.7 Å². The molecule has 0 aliphatic carbocycles. The minimum absolute atomic E-state index is 0.0328. The smallest absolute Gasteiger partial charge is 0.304 e. The lowest BCUT2D eigenvalue weighted by molar-refractivity contribution is -0.383. The molecule has 0 saturated carbocycles. The van der Waals surface area contributed by atoms with Crippen molar-refractivity contribution < 1.29 is 17.6 Å². The fourth-order valence-corrected chi connectivity index (χ4v) is 4.64. The van der Waals surface area contributed by atoms with Crippen LogP contribution < -0.4 is 10.0 Å². The number of hydrogen-bond acceptors (Lipinski definition) is 7. The van der Waals surface area contributed by atoms with Gasteiger partial charge >= 0.3 is 5.69 Å². The van der Waals surface area contributed by atoms with Crippen molar-refractivity contribution in [2.45, 2.75) is 18.1 Å². The van der Waals surface area contributed by atoms with Crippen molar-refractivity contribution in [1.82, 2.24) is 4.72 Å². The first-order valence-electron chi connectivity index (χ1n) is 6.18. The summed E-state index contributed by atoms with van der Waals surface area (Å²) in [6.45, 7) is 3.99. The number of hydrogen-bond donors (Lipinski definition) is 2. The Morgan fingerprint density at radius 1 is 1.43 bits per heavy atom. The third-order valence-corrected chi connectivity index (χ3v) is 6.75. The maximum atomic E-state index is 12.0. The Balaban J connectivity index is 2.90. The molecule has 0 bridgehead atoms. The van der Waals surface area contributed by atoms with Gasteiger partial charge in [-0.15, -0.1) is 0 Å². The molecule has 1 heterocycles. The second-order valence-electron chi connectivity index (χ2n) is 3.90. The molecule has 1 aromatic heterocycles. The highest BCUT2D eigenvalue weighted by Gasteiger charge is 2.25. The minimum Gasteiger partial charge on any atom is -0.372 e. The lowest BCUT2D eigenvalue weighted by Gasteiger charge is -2.03. The van der Waals surface area contributed by atoms with Crippen molar-refractivity contribution in [3.63, 3.8) is 0 Å². The molecule has 0 aliphatic rings. The van der Waals surface area contributed by atoms with Gasteiger partial charge in [0.15, 0.2) is 5.00 Å². The molecular weight excluding hydrogens is 338 g/mol. The first-order valence-corrected chi connectivity index (χ1v) is 9.97. The van der Waals surface area contributed by atoms with Gasteiger partial charge in [-0.2, -0.15) is 0 Å². The summed E-state index contributed by atoms with van der Waals surface area (Å²) in [7, 11) is -4.90. The first-order chi connectivity index (χ1) is 9.81. The summed E-state index contributed by atoms with van der Waals surface area (Å²) in [5.74, 6) is 0.667. The van der Waals surface area contributed by atoms with Crippen molar-refractivity contribution in [2.75, 3.05) is 29.9 Å². The Bertz CT molecular complexity index is 626. The topological polar surface area (TPSA) is 118 Å². The fourth-order valence-electron chi connectivity index (χ4n) is 1.42. The van der Waals surface area contributed by atoms with Crippen LogP contribution in [0, 0.1) is 10.1 Å². The summed E-state index contributed by atoms with van der Waals surface area (Å²) in [5.41, 5.74) is -0.264. The van der Waals surface area contributed by atoms with Gasteiger partial charge in [0.05, 0.1) is 4.92 Å². The predicted molar refractivity (Wildman–Crippen MR) is 83.9 cm³/mol. The van der Waals surface area contributed by atoms with Crippen molar-refractivity contribution in [3.8, 4) is 0 Å². The quantitative estimate of drug-likeness (QED) is 0.506. The zero-order valence-electron chi connectivity index (χ0n) is 11.6. The first kappa shape index (κ1) is 18.0. The van der Waals surface area contributed by atoms with Crippen LogP contribution in [0.25, 0.3) is 0 Å². The Labute approximate surface area is 129 Å². The van der Waals surface area contributed by atoms with E-state index in [9.17, 15) is 22.7 Å². The van der Waals surface area contributed by atoms with Gasteiger partial charge in [-0.1, -0.05) is 18.3 Å². The molecule has 1 unspecified atom stereocenters. The number of nitrogens with one attached hydrogen (secondary N) is 2. The predicted octanol–water partition coefficient (Wildman–Crippen LogP) is 1.14. The van der Waals surface area contributed by atoms with E-state index in [0.717, 1.165) is 17.4 Å². The van der Waals surface area contributed by atoms with Gasteiger partial charge in [0, 0.05) is 41.5 Å². The second-order valence-corrected chi connectivity index (χ2v) is 8.81. The Hall–Kier alpha value is -1.04. The van der Waals surface area contributed by atoms with Gasteiger partial charge in [-0.25, -0.2) is 13.1 Å². The third-order valence-electron chi connectivity index (χ3n) is 2.43. The number of rotatable bonds is 9. The number of nitro groups is 1. The van der Waals surface area contributed by atoms with Crippen LogP contribution in [0.1, 0.15) is 13.8 Å².